The van der Waals surface area contributed by atoms with E-state index in [-0.39, 0.29) is 5.82 Å². The third-order valence-electron chi connectivity index (χ3n) is 4.32. The van der Waals surface area contributed by atoms with Crippen molar-refractivity contribution in [3.05, 3.63) is 54.5 Å². The lowest BCUT2D eigenvalue weighted by molar-refractivity contribution is 0.360. The predicted molar refractivity (Wildman–Crippen MR) is 94.5 cm³/mol. The third-order valence-corrected chi connectivity index (χ3v) is 5.83. The Balaban J connectivity index is 1.60. The van der Waals surface area contributed by atoms with E-state index in [1.54, 1.807) is 6.07 Å². The fourth-order valence-corrected chi connectivity index (χ4v) is 4.23. The van der Waals surface area contributed by atoms with Crippen molar-refractivity contribution in [2.45, 2.75) is 4.90 Å². The van der Waals surface area contributed by atoms with E-state index in [1.807, 2.05) is 34.8 Å². The minimum absolute atomic E-state index is 0.252. The van der Waals surface area contributed by atoms with Crippen LogP contribution in [-0.2, 0) is 11.4 Å². The average Bonchev–Trinajstić information content (AvgIpc) is 3.05. The van der Waals surface area contributed by atoms with Crippen molar-refractivity contribution in [3.8, 4) is 11.1 Å². The molecule has 24 heavy (non-hydrogen) atoms. The van der Waals surface area contributed by atoms with Crippen molar-refractivity contribution < 1.29 is 8.94 Å². The fraction of sp³-hybridized carbons (Fsp3) is 0.222. The lowest BCUT2D eigenvalue weighted by Crippen LogP contribution is -2.46. The van der Waals surface area contributed by atoms with Gasteiger partial charge in [-0.2, -0.15) is 0 Å². The Hall–Kier alpha value is -1.86. The van der Waals surface area contributed by atoms with E-state index in [4.69, 9.17) is 0 Å². The number of H-pyrrole nitrogens is 1. The average molecular weight is 343 g/mol. The van der Waals surface area contributed by atoms with Crippen LogP contribution < -0.4 is 5.32 Å². The largest absolute Gasteiger partial charge is 0.593 e. The SMILES string of the molecule is [O-][S+](c1ccc(-c2c[nH]c3cc(F)ccc23)cc1)N1CCNCC1. The van der Waals surface area contributed by atoms with E-state index < -0.39 is 11.4 Å². The van der Waals surface area contributed by atoms with E-state index in [0.717, 1.165) is 53.1 Å². The summed E-state index contributed by atoms with van der Waals surface area (Å²) in [5.41, 5.74) is 2.82. The number of halogens is 1. The molecule has 1 fully saturated rings. The topological polar surface area (TPSA) is 54.1 Å². The quantitative estimate of drug-likeness (QED) is 0.719. The van der Waals surface area contributed by atoms with Gasteiger partial charge in [-0.1, -0.05) is 0 Å². The van der Waals surface area contributed by atoms with Crippen molar-refractivity contribution in [3.63, 3.8) is 0 Å². The van der Waals surface area contributed by atoms with Gasteiger partial charge >= 0.3 is 0 Å². The molecule has 1 saturated heterocycles. The molecule has 6 heteroatoms. The van der Waals surface area contributed by atoms with Crippen LogP contribution in [0.4, 0.5) is 4.39 Å². The smallest absolute Gasteiger partial charge is 0.174 e. The summed E-state index contributed by atoms with van der Waals surface area (Å²) in [6.45, 7) is 3.33. The predicted octanol–water partition coefficient (Wildman–Crippen LogP) is 2.90. The summed E-state index contributed by atoms with van der Waals surface area (Å²) >= 11 is -1.12. The Bertz CT molecular complexity index is 843. The first-order valence-corrected chi connectivity index (χ1v) is 9.08. The maximum atomic E-state index is 13.3. The van der Waals surface area contributed by atoms with Crippen LogP contribution in [0.3, 0.4) is 0 Å². The molecule has 1 aliphatic heterocycles. The van der Waals surface area contributed by atoms with E-state index in [9.17, 15) is 8.94 Å². The van der Waals surface area contributed by atoms with Crippen molar-refractivity contribution in [1.29, 1.82) is 0 Å². The highest BCUT2D eigenvalue weighted by molar-refractivity contribution is 7.89. The summed E-state index contributed by atoms with van der Waals surface area (Å²) in [4.78, 5) is 3.91. The minimum Gasteiger partial charge on any atom is -0.593 e. The van der Waals surface area contributed by atoms with Gasteiger partial charge in [0, 0.05) is 35.8 Å². The van der Waals surface area contributed by atoms with E-state index in [1.165, 1.54) is 12.1 Å². The number of aromatic nitrogens is 1. The molecule has 0 aliphatic carbocycles. The monoisotopic (exact) mass is 343 g/mol. The van der Waals surface area contributed by atoms with Gasteiger partial charge < -0.3 is 14.9 Å². The molecule has 0 amide bonds. The molecule has 2 aromatic carbocycles. The number of piperazine rings is 1. The maximum absolute atomic E-state index is 13.3. The van der Waals surface area contributed by atoms with Crippen LogP contribution in [0.5, 0.6) is 0 Å². The van der Waals surface area contributed by atoms with Crippen LogP contribution in [0, 0.1) is 5.82 Å². The van der Waals surface area contributed by atoms with E-state index in [0.29, 0.717) is 0 Å². The first-order valence-electron chi connectivity index (χ1n) is 7.97. The molecule has 2 N–H and O–H groups in total. The first kappa shape index (κ1) is 15.7. The number of hydrogen-bond donors (Lipinski definition) is 2. The Morgan fingerprint density at radius 3 is 2.54 bits per heavy atom. The number of aromatic amines is 1. The summed E-state index contributed by atoms with van der Waals surface area (Å²) in [7, 11) is 0. The molecule has 0 spiro atoms. The van der Waals surface area contributed by atoms with Crippen molar-refractivity contribution in [2.75, 3.05) is 26.2 Å². The molecule has 3 aromatic rings. The van der Waals surface area contributed by atoms with Crippen LogP contribution in [0.25, 0.3) is 22.0 Å². The number of hydrogen-bond acceptors (Lipinski definition) is 3. The molecular weight excluding hydrogens is 325 g/mol. The molecular formula is C18H18FN3OS. The first-order chi connectivity index (χ1) is 11.7. The molecule has 124 valence electrons. The van der Waals surface area contributed by atoms with Crippen molar-refractivity contribution >= 4 is 22.3 Å². The molecule has 1 aromatic heterocycles. The second-order valence-corrected chi connectivity index (χ2v) is 7.33. The second-order valence-electron chi connectivity index (χ2n) is 5.84. The fourth-order valence-electron chi connectivity index (χ4n) is 3.05. The van der Waals surface area contributed by atoms with Crippen LogP contribution in [0.2, 0.25) is 0 Å². The van der Waals surface area contributed by atoms with Crippen LogP contribution >= 0.6 is 0 Å². The summed E-state index contributed by atoms with van der Waals surface area (Å²) in [5, 5.41) is 4.24. The molecule has 1 aliphatic rings. The minimum atomic E-state index is -1.12. The van der Waals surface area contributed by atoms with E-state index >= 15 is 0 Å². The highest BCUT2D eigenvalue weighted by Crippen LogP contribution is 2.30. The lowest BCUT2D eigenvalue weighted by atomic mass is 10.1. The van der Waals surface area contributed by atoms with Gasteiger partial charge in [0.25, 0.3) is 0 Å². The lowest BCUT2D eigenvalue weighted by Gasteiger charge is -2.27. The highest BCUT2D eigenvalue weighted by atomic mass is 32.2. The third kappa shape index (κ3) is 2.93. The maximum Gasteiger partial charge on any atom is 0.174 e. The molecule has 2 heterocycles. The van der Waals surface area contributed by atoms with Gasteiger partial charge in [-0.05, 0) is 48.0 Å². The zero-order valence-corrected chi connectivity index (χ0v) is 13.9. The summed E-state index contributed by atoms with van der Waals surface area (Å²) < 4.78 is 27.9. The Kier molecular flexibility index (Phi) is 4.28. The van der Waals surface area contributed by atoms with Gasteiger partial charge in [0.1, 0.15) is 5.82 Å². The Morgan fingerprint density at radius 1 is 1.04 bits per heavy atom. The van der Waals surface area contributed by atoms with Crippen LogP contribution in [0.1, 0.15) is 0 Å². The van der Waals surface area contributed by atoms with Crippen molar-refractivity contribution in [2.24, 2.45) is 0 Å². The Morgan fingerprint density at radius 2 is 1.79 bits per heavy atom. The van der Waals surface area contributed by atoms with Gasteiger partial charge in [-0.3, -0.25) is 0 Å². The summed E-state index contributed by atoms with van der Waals surface area (Å²) in [6.07, 6.45) is 1.88. The number of benzene rings is 2. The highest BCUT2D eigenvalue weighted by Gasteiger charge is 2.24. The zero-order chi connectivity index (χ0) is 16.5. The number of nitrogens with one attached hydrogen (secondary N) is 2. The van der Waals surface area contributed by atoms with E-state index in [2.05, 4.69) is 10.3 Å². The van der Waals surface area contributed by atoms with Gasteiger partial charge in [0.05, 0.1) is 24.5 Å². The van der Waals surface area contributed by atoms with Crippen LogP contribution in [0.15, 0.2) is 53.6 Å². The molecule has 0 bridgehead atoms. The Labute approximate surface area is 143 Å². The van der Waals surface area contributed by atoms with Gasteiger partial charge in [-0.25, -0.2) is 4.39 Å². The molecule has 4 rings (SSSR count). The molecule has 0 saturated carbocycles. The molecule has 1 unspecified atom stereocenters. The van der Waals surface area contributed by atoms with Crippen molar-refractivity contribution in [1.82, 2.24) is 14.6 Å². The summed E-state index contributed by atoms with van der Waals surface area (Å²) in [6, 6.07) is 12.5. The zero-order valence-electron chi connectivity index (χ0n) is 13.1. The van der Waals surface area contributed by atoms with Gasteiger partial charge in [-0.15, -0.1) is 4.31 Å². The van der Waals surface area contributed by atoms with Gasteiger partial charge in [0.15, 0.2) is 4.90 Å². The molecule has 4 nitrogen and oxygen atoms in total. The summed E-state index contributed by atoms with van der Waals surface area (Å²) in [5.74, 6) is -0.252. The second kappa shape index (κ2) is 6.57. The molecule has 1 atom stereocenters. The van der Waals surface area contributed by atoms with Gasteiger partial charge in [0.2, 0.25) is 0 Å². The number of nitrogens with zero attached hydrogens (tertiary/aromatic N) is 1. The molecule has 0 radical (unpaired) electrons. The number of fused-ring (bicyclic) bond motifs is 1. The standard InChI is InChI=1S/C18H18FN3OS/c19-14-3-6-16-17(12-21-18(16)11-14)13-1-4-15(5-2-13)24(23)22-9-7-20-8-10-22/h1-6,11-12,20-21H,7-10H2. The normalized spacial score (nSPS) is 17.2. The van der Waals surface area contributed by atoms with Crippen LogP contribution in [-0.4, -0.2) is 40.0 Å². The number of rotatable bonds is 3.